The average Bonchev–Trinajstić information content (AvgIpc) is 2.96. The lowest BCUT2D eigenvalue weighted by molar-refractivity contribution is -0.120. The van der Waals surface area contributed by atoms with Crippen LogP contribution in [-0.2, 0) is 16.0 Å². The summed E-state index contributed by atoms with van der Waals surface area (Å²) in [6, 6.07) is 6.35. The predicted molar refractivity (Wildman–Crippen MR) is 106 cm³/mol. The number of hydrogen-bond acceptors (Lipinski definition) is 4. The molecule has 1 atom stereocenters. The molecule has 2 amide bonds. The van der Waals surface area contributed by atoms with Crippen LogP contribution >= 0.6 is 0 Å². The minimum absolute atomic E-state index is 0.0227. The van der Waals surface area contributed by atoms with E-state index in [0.29, 0.717) is 26.2 Å². The van der Waals surface area contributed by atoms with E-state index in [4.69, 9.17) is 4.74 Å². The number of hydrogen-bond donors (Lipinski definition) is 0. The minimum Gasteiger partial charge on any atom is -0.444 e. The molecule has 2 heterocycles. The van der Waals surface area contributed by atoms with Gasteiger partial charge in [0, 0.05) is 37.9 Å². The largest absolute Gasteiger partial charge is 0.444 e. The Morgan fingerprint density at radius 3 is 2.59 bits per heavy atom. The summed E-state index contributed by atoms with van der Waals surface area (Å²) in [7, 11) is 0. The van der Waals surface area contributed by atoms with Gasteiger partial charge in [-0.25, -0.2) is 4.79 Å². The molecule has 1 saturated heterocycles. The standard InChI is InChI=1S/C21H31N3O3/c1-15-6-7-17-8-9-24(18(17)12-15)19(25)14-22-10-11-23(16(2)13-22)20(26)27-21(3,4)5/h6-7,12,16H,8-11,13-14H2,1-5H3. The Balaban J connectivity index is 1.57. The minimum atomic E-state index is -0.495. The van der Waals surface area contributed by atoms with E-state index in [0.717, 1.165) is 18.7 Å². The number of anilines is 1. The monoisotopic (exact) mass is 373 g/mol. The second-order valence-corrected chi connectivity index (χ2v) is 8.69. The molecule has 3 rings (SSSR count). The van der Waals surface area contributed by atoms with Crippen LogP contribution < -0.4 is 4.90 Å². The van der Waals surface area contributed by atoms with Crippen molar-refractivity contribution in [3.63, 3.8) is 0 Å². The number of rotatable bonds is 2. The average molecular weight is 373 g/mol. The first-order valence-electron chi connectivity index (χ1n) is 9.76. The van der Waals surface area contributed by atoms with E-state index in [2.05, 4.69) is 30.0 Å². The molecule has 1 aromatic rings. The van der Waals surface area contributed by atoms with Crippen LogP contribution in [0.5, 0.6) is 0 Å². The van der Waals surface area contributed by atoms with Crippen LogP contribution in [0.3, 0.4) is 0 Å². The van der Waals surface area contributed by atoms with Gasteiger partial charge >= 0.3 is 6.09 Å². The third-order valence-corrected chi connectivity index (χ3v) is 5.14. The highest BCUT2D eigenvalue weighted by Crippen LogP contribution is 2.29. The first-order valence-corrected chi connectivity index (χ1v) is 9.76. The fourth-order valence-corrected chi connectivity index (χ4v) is 3.79. The van der Waals surface area contributed by atoms with Gasteiger partial charge in [0.1, 0.15) is 5.60 Å². The van der Waals surface area contributed by atoms with Crippen molar-refractivity contribution in [2.75, 3.05) is 37.6 Å². The maximum absolute atomic E-state index is 12.9. The molecule has 2 aliphatic rings. The number of nitrogens with zero attached hydrogens (tertiary/aromatic N) is 3. The van der Waals surface area contributed by atoms with E-state index < -0.39 is 5.60 Å². The van der Waals surface area contributed by atoms with Crippen LogP contribution in [-0.4, -0.2) is 66.2 Å². The lowest BCUT2D eigenvalue weighted by Gasteiger charge is -2.40. The predicted octanol–water partition coefficient (Wildman–Crippen LogP) is 2.83. The summed E-state index contributed by atoms with van der Waals surface area (Å²) in [5.41, 5.74) is 2.98. The molecule has 2 aliphatic heterocycles. The van der Waals surface area contributed by atoms with E-state index in [1.165, 1.54) is 11.1 Å². The molecule has 6 nitrogen and oxygen atoms in total. The molecule has 0 saturated carbocycles. The van der Waals surface area contributed by atoms with Crippen LogP contribution in [0, 0.1) is 6.92 Å². The second-order valence-electron chi connectivity index (χ2n) is 8.69. The number of carbonyl (C=O) groups is 2. The first kappa shape index (κ1) is 19.7. The summed E-state index contributed by atoms with van der Waals surface area (Å²) in [6.45, 7) is 12.8. The molecule has 0 radical (unpaired) electrons. The molecular weight excluding hydrogens is 342 g/mol. The molecule has 0 N–H and O–H groups in total. The number of fused-ring (bicyclic) bond motifs is 1. The van der Waals surface area contributed by atoms with Crippen molar-refractivity contribution in [3.8, 4) is 0 Å². The maximum atomic E-state index is 12.9. The van der Waals surface area contributed by atoms with Gasteiger partial charge in [-0.3, -0.25) is 9.69 Å². The molecule has 27 heavy (non-hydrogen) atoms. The summed E-state index contributed by atoms with van der Waals surface area (Å²) in [4.78, 5) is 31.0. The molecule has 1 unspecified atom stereocenters. The summed E-state index contributed by atoms with van der Waals surface area (Å²) in [6.07, 6.45) is 0.648. The summed E-state index contributed by atoms with van der Waals surface area (Å²) in [5.74, 6) is 0.136. The highest BCUT2D eigenvalue weighted by Gasteiger charge is 2.33. The Labute approximate surface area is 162 Å². The summed E-state index contributed by atoms with van der Waals surface area (Å²) >= 11 is 0. The van der Waals surface area contributed by atoms with E-state index in [9.17, 15) is 9.59 Å². The van der Waals surface area contributed by atoms with Gasteiger partial charge in [-0.15, -0.1) is 0 Å². The summed E-state index contributed by atoms with van der Waals surface area (Å²) in [5, 5.41) is 0. The third-order valence-electron chi connectivity index (χ3n) is 5.14. The van der Waals surface area contributed by atoms with Crippen LogP contribution in [0.15, 0.2) is 18.2 Å². The molecule has 1 aromatic carbocycles. The second kappa shape index (κ2) is 7.50. The number of ether oxygens (including phenoxy) is 1. The molecule has 0 spiro atoms. The van der Waals surface area contributed by atoms with Gasteiger partial charge < -0.3 is 14.5 Å². The molecule has 0 aromatic heterocycles. The van der Waals surface area contributed by atoms with E-state index >= 15 is 0 Å². The lowest BCUT2D eigenvalue weighted by atomic mass is 10.1. The zero-order chi connectivity index (χ0) is 19.8. The van der Waals surface area contributed by atoms with Crippen molar-refractivity contribution < 1.29 is 14.3 Å². The lowest BCUT2D eigenvalue weighted by Crippen LogP contribution is -2.56. The Kier molecular flexibility index (Phi) is 5.47. The van der Waals surface area contributed by atoms with E-state index in [1.807, 2.05) is 32.6 Å². The van der Waals surface area contributed by atoms with Crippen molar-refractivity contribution in [2.45, 2.75) is 52.7 Å². The van der Waals surface area contributed by atoms with Crippen molar-refractivity contribution in [1.29, 1.82) is 0 Å². The van der Waals surface area contributed by atoms with Gasteiger partial charge in [-0.2, -0.15) is 0 Å². The van der Waals surface area contributed by atoms with Crippen LogP contribution in [0.4, 0.5) is 10.5 Å². The Morgan fingerprint density at radius 2 is 1.93 bits per heavy atom. The van der Waals surface area contributed by atoms with Crippen molar-refractivity contribution in [1.82, 2.24) is 9.80 Å². The van der Waals surface area contributed by atoms with Crippen LogP contribution in [0.25, 0.3) is 0 Å². The van der Waals surface area contributed by atoms with Crippen molar-refractivity contribution in [2.24, 2.45) is 0 Å². The fourth-order valence-electron chi connectivity index (χ4n) is 3.79. The van der Waals surface area contributed by atoms with Crippen molar-refractivity contribution in [3.05, 3.63) is 29.3 Å². The normalized spacial score (nSPS) is 20.6. The quantitative estimate of drug-likeness (QED) is 0.800. The highest BCUT2D eigenvalue weighted by atomic mass is 16.6. The Bertz CT molecular complexity index is 726. The number of benzene rings is 1. The third kappa shape index (κ3) is 4.61. The van der Waals surface area contributed by atoms with Crippen LogP contribution in [0.1, 0.15) is 38.8 Å². The molecule has 148 valence electrons. The van der Waals surface area contributed by atoms with Crippen molar-refractivity contribution >= 4 is 17.7 Å². The Morgan fingerprint density at radius 1 is 1.19 bits per heavy atom. The molecule has 6 heteroatoms. The summed E-state index contributed by atoms with van der Waals surface area (Å²) < 4.78 is 5.49. The Hall–Kier alpha value is -2.08. The van der Waals surface area contributed by atoms with E-state index in [-0.39, 0.29) is 18.0 Å². The molecule has 0 aliphatic carbocycles. The zero-order valence-electron chi connectivity index (χ0n) is 17.1. The fraction of sp³-hybridized carbons (Fsp3) is 0.619. The smallest absolute Gasteiger partial charge is 0.410 e. The number of carbonyl (C=O) groups excluding carboxylic acids is 2. The van der Waals surface area contributed by atoms with Gasteiger partial charge in [0.25, 0.3) is 0 Å². The number of piperazine rings is 1. The van der Waals surface area contributed by atoms with Gasteiger partial charge in [0.15, 0.2) is 0 Å². The van der Waals surface area contributed by atoms with Gasteiger partial charge in [0.2, 0.25) is 5.91 Å². The molecule has 1 fully saturated rings. The zero-order valence-corrected chi connectivity index (χ0v) is 17.1. The highest BCUT2D eigenvalue weighted by molar-refractivity contribution is 5.96. The first-order chi connectivity index (χ1) is 12.6. The molecular formula is C21H31N3O3. The topological polar surface area (TPSA) is 53.1 Å². The van der Waals surface area contributed by atoms with Gasteiger partial charge in [0.05, 0.1) is 6.54 Å². The molecule has 0 bridgehead atoms. The van der Waals surface area contributed by atoms with Crippen LogP contribution in [0.2, 0.25) is 0 Å². The number of aryl methyl sites for hydroxylation is 1. The van der Waals surface area contributed by atoms with E-state index in [1.54, 1.807) is 4.90 Å². The van der Waals surface area contributed by atoms with Gasteiger partial charge in [-0.1, -0.05) is 12.1 Å². The SMILES string of the molecule is Cc1ccc2c(c1)N(C(=O)CN1CCN(C(=O)OC(C)(C)C)C(C)C1)CC2. The maximum Gasteiger partial charge on any atom is 0.410 e. The van der Waals surface area contributed by atoms with Gasteiger partial charge in [-0.05, 0) is 58.2 Å². The number of amides is 2.